The molecule has 3 aromatic carbocycles. The largest absolute Gasteiger partial charge is 0.486 e. The Hall–Kier alpha value is -3.37. The number of fused-ring (bicyclic) bond motifs is 1. The van der Waals surface area contributed by atoms with E-state index in [4.69, 9.17) is 9.47 Å². The third kappa shape index (κ3) is 5.83. The Bertz CT molecular complexity index is 1360. The molecule has 0 radical (unpaired) electrons. The summed E-state index contributed by atoms with van der Waals surface area (Å²) in [5.41, 5.74) is 5.03. The standard InChI is InChI=1S/C25H24BrN3O5S/c1-17-3-10-22(11-4-17)35(31,32)29(21-8-6-20(26)7-9-21)16-25(30)28-27-18(2)19-5-12-23-24(15-19)34-14-13-33-23/h3-12,15H,13-14,16H2,1-2H3,(H,28,30)/b27-18-. The summed E-state index contributed by atoms with van der Waals surface area (Å²) in [4.78, 5) is 12.9. The van der Waals surface area contributed by atoms with Crippen LogP contribution >= 0.6 is 15.9 Å². The second-order valence-corrected chi connectivity index (χ2v) is 10.7. The Morgan fingerprint density at radius 3 is 2.34 bits per heavy atom. The van der Waals surface area contributed by atoms with Crippen LogP contribution in [-0.2, 0) is 14.8 Å². The van der Waals surface area contributed by atoms with Gasteiger partial charge >= 0.3 is 0 Å². The summed E-state index contributed by atoms with van der Waals surface area (Å²) in [5.74, 6) is 0.684. The molecule has 1 aliphatic rings. The molecule has 1 N–H and O–H groups in total. The summed E-state index contributed by atoms with van der Waals surface area (Å²) in [6.45, 7) is 4.12. The van der Waals surface area contributed by atoms with E-state index in [1.165, 1.54) is 12.1 Å². The Kier molecular flexibility index (Phi) is 7.42. The highest BCUT2D eigenvalue weighted by Crippen LogP contribution is 2.31. The minimum absolute atomic E-state index is 0.0924. The molecule has 0 aliphatic carbocycles. The highest BCUT2D eigenvalue weighted by molar-refractivity contribution is 9.10. The van der Waals surface area contributed by atoms with Crippen LogP contribution in [0.25, 0.3) is 0 Å². The van der Waals surface area contributed by atoms with Crippen LogP contribution in [0.1, 0.15) is 18.1 Å². The second kappa shape index (κ2) is 10.5. The van der Waals surface area contributed by atoms with Crippen LogP contribution in [0, 0.1) is 6.92 Å². The number of ether oxygens (including phenoxy) is 2. The third-order valence-corrected chi connectivity index (χ3v) is 7.64. The monoisotopic (exact) mass is 557 g/mol. The fraction of sp³-hybridized carbons (Fsp3) is 0.200. The highest BCUT2D eigenvalue weighted by atomic mass is 79.9. The molecular formula is C25H24BrN3O5S. The molecule has 1 aliphatic heterocycles. The molecule has 1 heterocycles. The van der Waals surface area contributed by atoms with Crippen LogP contribution in [-0.4, -0.2) is 39.8 Å². The molecular weight excluding hydrogens is 534 g/mol. The molecule has 182 valence electrons. The first-order valence-corrected chi connectivity index (χ1v) is 13.1. The Labute approximate surface area is 212 Å². The summed E-state index contributed by atoms with van der Waals surface area (Å²) in [6, 6.07) is 18.6. The van der Waals surface area contributed by atoms with Gasteiger partial charge in [-0.2, -0.15) is 5.10 Å². The molecule has 3 aromatic rings. The van der Waals surface area contributed by atoms with Crippen LogP contribution < -0.4 is 19.2 Å². The van der Waals surface area contributed by atoms with Gasteiger partial charge in [0.25, 0.3) is 15.9 Å². The predicted molar refractivity (Wildman–Crippen MR) is 138 cm³/mol. The number of rotatable bonds is 7. The lowest BCUT2D eigenvalue weighted by Crippen LogP contribution is -2.39. The molecule has 0 unspecified atom stereocenters. The number of hydrogen-bond acceptors (Lipinski definition) is 6. The maximum absolute atomic E-state index is 13.4. The van der Waals surface area contributed by atoms with Gasteiger partial charge in [0.1, 0.15) is 19.8 Å². The Morgan fingerprint density at radius 2 is 1.66 bits per heavy atom. The molecule has 35 heavy (non-hydrogen) atoms. The lowest BCUT2D eigenvalue weighted by Gasteiger charge is -2.24. The number of benzene rings is 3. The van der Waals surface area contributed by atoms with Crippen molar-refractivity contribution < 1.29 is 22.7 Å². The van der Waals surface area contributed by atoms with Gasteiger partial charge in [0.2, 0.25) is 0 Å². The van der Waals surface area contributed by atoms with Crippen molar-refractivity contribution in [3.8, 4) is 11.5 Å². The van der Waals surface area contributed by atoms with E-state index >= 15 is 0 Å². The van der Waals surface area contributed by atoms with Gasteiger partial charge in [0.05, 0.1) is 16.3 Å². The van der Waals surface area contributed by atoms with Crippen LogP contribution in [0.4, 0.5) is 5.69 Å². The molecule has 0 fully saturated rings. The normalized spacial score (nSPS) is 13.3. The number of carbonyl (C=O) groups excluding carboxylic acids is 1. The van der Waals surface area contributed by atoms with Gasteiger partial charge < -0.3 is 9.47 Å². The second-order valence-electron chi connectivity index (χ2n) is 7.89. The van der Waals surface area contributed by atoms with E-state index in [1.54, 1.807) is 55.5 Å². The number of sulfonamides is 1. The van der Waals surface area contributed by atoms with Gasteiger partial charge in [-0.05, 0) is 68.4 Å². The molecule has 0 saturated heterocycles. The van der Waals surface area contributed by atoms with Crippen LogP contribution in [0.2, 0.25) is 0 Å². The van der Waals surface area contributed by atoms with Crippen LogP contribution in [0.5, 0.6) is 11.5 Å². The number of hydrazone groups is 1. The van der Waals surface area contributed by atoms with Gasteiger partial charge in [0, 0.05) is 10.0 Å². The molecule has 0 spiro atoms. The van der Waals surface area contributed by atoms with E-state index in [-0.39, 0.29) is 4.90 Å². The fourth-order valence-electron chi connectivity index (χ4n) is 3.40. The van der Waals surface area contributed by atoms with Crippen LogP contribution in [0.15, 0.2) is 81.2 Å². The molecule has 0 aromatic heterocycles. The fourth-order valence-corrected chi connectivity index (χ4v) is 5.09. The van der Waals surface area contributed by atoms with E-state index in [0.29, 0.717) is 36.1 Å². The average Bonchev–Trinajstić information content (AvgIpc) is 2.86. The topological polar surface area (TPSA) is 97.3 Å². The third-order valence-electron chi connectivity index (χ3n) is 5.32. The number of anilines is 1. The van der Waals surface area contributed by atoms with Crippen molar-refractivity contribution >= 4 is 43.3 Å². The first-order chi connectivity index (χ1) is 16.7. The van der Waals surface area contributed by atoms with Crippen molar-refractivity contribution in [1.82, 2.24) is 5.43 Å². The van der Waals surface area contributed by atoms with Crippen molar-refractivity contribution in [1.29, 1.82) is 0 Å². The molecule has 10 heteroatoms. The molecule has 0 saturated carbocycles. The number of nitrogens with one attached hydrogen (secondary N) is 1. The summed E-state index contributed by atoms with van der Waals surface area (Å²) >= 11 is 3.35. The van der Waals surface area contributed by atoms with E-state index in [1.807, 2.05) is 13.0 Å². The number of nitrogens with zero attached hydrogens (tertiary/aromatic N) is 2. The first kappa shape index (κ1) is 24.7. The number of amides is 1. The Balaban J connectivity index is 1.55. The van der Waals surface area contributed by atoms with Gasteiger partial charge in [-0.1, -0.05) is 33.6 Å². The summed E-state index contributed by atoms with van der Waals surface area (Å²) in [6.07, 6.45) is 0. The lowest BCUT2D eigenvalue weighted by atomic mass is 10.1. The molecule has 0 bridgehead atoms. The number of halogens is 1. The molecule has 1 amide bonds. The zero-order valence-corrected chi connectivity index (χ0v) is 21.6. The maximum atomic E-state index is 13.4. The van der Waals surface area contributed by atoms with E-state index in [2.05, 4.69) is 26.5 Å². The minimum atomic E-state index is -4.00. The van der Waals surface area contributed by atoms with Gasteiger partial charge in [-0.15, -0.1) is 0 Å². The summed E-state index contributed by atoms with van der Waals surface area (Å²) in [7, 11) is -4.00. The van der Waals surface area contributed by atoms with Crippen molar-refractivity contribution in [2.45, 2.75) is 18.7 Å². The molecule has 0 atom stereocenters. The Morgan fingerprint density at radius 1 is 1.00 bits per heavy atom. The predicted octanol–water partition coefficient (Wildman–Crippen LogP) is 4.26. The average molecular weight is 558 g/mol. The van der Waals surface area contributed by atoms with E-state index in [9.17, 15) is 13.2 Å². The number of carbonyl (C=O) groups is 1. The molecule has 8 nitrogen and oxygen atoms in total. The SMILES string of the molecule is C/C(=N/NC(=O)CN(c1ccc(Br)cc1)S(=O)(=O)c1ccc(C)cc1)c1ccc2c(c1)OCCO2. The van der Waals surface area contributed by atoms with E-state index in [0.717, 1.165) is 19.9 Å². The zero-order valence-electron chi connectivity index (χ0n) is 19.2. The number of aryl methyl sites for hydroxylation is 1. The quantitative estimate of drug-likeness (QED) is 0.345. The summed E-state index contributed by atoms with van der Waals surface area (Å²) in [5, 5.41) is 4.16. The van der Waals surface area contributed by atoms with Crippen molar-refractivity contribution in [3.05, 3.63) is 82.3 Å². The van der Waals surface area contributed by atoms with Crippen molar-refractivity contribution in [3.63, 3.8) is 0 Å². The first-order valence-electron chi connectivity index (χ1n) is 10.8. The number of hydrogen-bond donors (Lipinski definition) is 1. The zero-order chi connectivity index (χ0) is 25.0. The maximum Gasteiger partial charge on any atom is 0.264 e. The smallest absolute Gasteiger partial charge is 0.264 e. The summed E-state index contributed by atoms with van der Waals surface area (Å²) < 4.78 is 39.8. The highest BCUT2D eigenvalue weighted by Gasteiger charge is 2.27. The van der Waals surface area contributed by atoms with E-state index < -0.39 is 22.5 Å². The van der Waals surface area contributed by atoms with Crippen molar-refractivity contribution in [2.24, 2.45) is 5.10 Å². The van der Waals surface area contributed by atoms with Gasteiger partial charge in [-0.25, -0.2) is 13.8 Å². The van der Waals surface area contributed by atoms with Gasteiger partial charge in [0.15, 0.2) is 11.5 Å². The molecule has 4 rings (SSSR count). The van der Waals surface area contributed by atoms with Crippen LogP contribution in [0.3, 0.4) is 0 Å². The minimum Gasteiger partial charge on any atom is -0.486 e. The lowest BCUT2D eigenvalue weighted by molar-refractivity contribution is -0.119. The van der Waals surface area contributed by atoms with Gasteiger partial charge in [-0.3, -0.25) is 9.10 Å². The van der Waals surface area contributed by atoms with Crippen molar-refractivity contribution in [2.75, 3.05) is 24.1 Å².